The molecule has 0 aromatic carbocycles. The second-order valence-corrected chi connectivity index (χ2v) is 12.3. The van der Waals surface area contributed by atoms with Gasteiger partial charge in [0.15, 0.2) is 8.68 Å². The van der Waals surface area contributed by atoms with Gasteiger partial charge in [0.1, 0.15) is 27.1 Å². The van der Waals surface area contributed by atoms with Crippen LogP contribution in [0.3, 0.4) is 0 Å². The van der Waals surface area contributed by atoms with Crippen molar-refractivity contribution in [3.05, 3.63) is 21.3 Å². The Labute approximate surface area is 203 Å². The second kappa shape index (κ2) is 10.0. The second-order valence-electron chi connectivity index (χ2n) is 6.54. The highest BCUT2D eigenvalue weighted by molar-refractivity contribution is 8.02. The summed E-state index contributed by atoms with van der Waals surface area (Å²) in [6, 6.07) is -0.753. The summed E-state index contributed by atoms with van der Waals surface area (Å²) in [6.45, 7) is 2.14. The number of amides is 2. The summed E-state index contributed by atoms with van der Waals surface area (Å²) in [5.74, 6) is -0.972. The molecule has 1 saturated heterocycles. The fraction of sp³-hybridized carbons (Fsp3) is 0.438. The average molecular weight is 532 g/mol. The first-order valence-electron chi connectivity index (χ1n) is 9.15. The van der Waals surface area contributed by atoms with Crippen molar-refractivity contribution in [2.45, 2.75) is 33.6 Å². The van der Waals surface area contributed by atoms with Gasteiger partial charge in [-0.05, 0) is 12.5 Å². The first kappa shape index (κ1) is 23.4. The van der Waals surface area contributed by atoms with Crippen molar-refractivity contribution in [3.8, 4) is 0 Å². The Morgan fingerprint density at radius 2 is 1.97 bits per heavy atom. The molecule has 2 aliphatic heterocycles. The van der Waals surface area contributed by atoms with Gasteiger partial charge in [0.05, 0.1) is 5.75 Å². The number of thioether (sulfide) groups is 3. The molecule has 32 heavy (non-hydrogen) atoms. The van der Waals surface area contributed by atoms with Crippen LogP contribution in [0, 0.1) is 6.92 Å². The Morgan fingerprint density at radius 3 is 2.62 bits per heavy atom. The number of nitrogens with one attached hydrogen (secondary N) is 1. The van der Waals surface area contributed by atoms with Crippen LogP contribution in [0.15, 0.2) is 19.9 Å². The number of carboxylic acids is 1. The molecule has 0 bridgehead atoms. The van der Waals surface area contributed by atoms with Gasteiger partial charge in [-0.25, -0.2) is 4.79 Å². The Bertz CT molecular complexity index is 1090. The van der Waals surface area contributed by atoms with E-state index in [2.05, 4.69) is 25.7 Å². The molecule has 170 valence electrons. The monoisotopic (exact) mass is 531 g/mol. The number of β-lactam (4-membered cyclic amide) rings is 1. The van der Waals surface area contributed by atoms with Gasteiger partial charge in [0.2, 0.25) is 5.91 Å². The lowest BCUT2D eigenvalue weighted by molar-refractivity contribution is -0.150. The number of carboxylic acid groups (broad SMARTS) is 1. The molecule has 2 atom stereocenters. The van der Waals surface area contributed by atoms with E-state index in [1.165, 1.54) is 62.9 Å². The normalized spacial score (nSPS) is 20.2. The highest BCUT2D eigenvalue weighted by atomic mass is 32.2. The van der Waals surface area contributed by atoms with Crippen LogP contribution in [0.4, 0.5) is 0 Å². The van der Waals surface area contributed by atoms with E-state index in [0.29, 0.717) is 26.4 Å². The summed E-state index contributed by atoms with van der Waals surface area (Å²) in [6.07, 6.45) is 0. The van der Waals surface area contributed by atoms with Gasteiger partial charge in [-0.15, -0.1) is 32.2 Å². The fourth-order valence-corrected chi connectivity index (χ4v) is 7.89. The average Bonchev–Trinajstić information content (AvgIpc) is 3.42. The number of aromatic nitrogens is 4. The van der Waals surface area contributed by atoms with Crippen molar-refractivity contribution in [1.29, 1.82) is 0 Å². The molecular formula is C16H17N7O4S5. The molecule has 2 amide bonds. The Balaban J connectivity index is 1.36. The molecule has 4 heterocycles. The molecule has 4 N–H and O–H groups in total. The number of carbonyl (C=O) groups excluding carboxylic acids is 2. The van der Waals surface area contributed by atoms with Crippen molar-refractivity contribution in [1.82, 2.24) is 30.6 Å². The molecule has 4 rings (SSSR count). The van der Waals surface area contributed by atoms with Gasteiger partial charge in [0.25, 0.3) is 5.91 Å². The Hall–Kier alpha value is -1.72. The van der Waals surface area contributed by atoms with Crippen molar-refractivity contribution >= 4 is 75.7 Å². The molecule has 16 heteroatoms. The van der Waals surface area contributed by atoms with E-state index in [-0.39, 0.29) is 23.9 Å². The number of fused-ring (bicyclic) bond motifs is 1. The van der Waals surface area contributed by atoms with Gasteiger partial charge in [-0.1, -0.05) is 46.2 Å². The van der Waals surface area contributed by atoms with Crippen LogP contribution in [-0.2, 0) is 20.9 Å². The number of hydrogen-bond donors (Lipinski definition) is 3. The number of carbonyl (C=O) groups is 3. The maximum Gasteiger partial charge on any atom is 0.352 e. The molecule has 2 aromatic heterocycles. The number of aliphatic carboxylic acids is 1. The fourth-order valence-electron chi connectivity index (χ4n) is 3.00. The number of rotatable bonds is 9. The summed E-state index contributed by atoms with van der Waals surface area (Å²) < 4.78 is 1.37. The maximum absolute atomic E-state index is 12.7. The molecule has 1 unspecified atom stereocenters. The minimum Gasteiger partial charge on any atom is -0.477 e. The molecule has 1 fully saturated rings. The van der Waals surface area contributed by atoms with Crippen molar-refractivity contribution < 1.29 is 19.5 Å². The number of nitrogens with zero attached hydrogens (tertiary/aromatic N) is 5. The number of nitrogens with two attached hydrogens (primary N) is 1. The van der Waals surface area contributed by atoms with Gasteiger partial charge in [-0.3, -0.25) is 14.5 Å². The topological polar surface area (TPSA) is 164 Å². The van der Waals surface area contributed by atoms with Crippen LogP contribution in [0.5, 0.6) is 0 Å². The van der Waals surface area contributed by atoms with E-state index < -0.39 is 23.3 Å². The maximum atomic E-state index is 12.7. The Kier molecular flexibility index (Phi) is 7.36. The first-order chi connectivity index (χ1) is 15.4. The third-order valence-corrected chi connectivity index (χ3v) is 9.87. The Morgan fingerprint density at radius 1 is 1.22 bits per heavy atom. The summed E-state index contributed by atoms with van der Waals surface area (Å²) in [5.41, 5.74) is 6.15. The van der Waals surface area contributed by atoms with Crippen LogP contribution in [-0.4, -0.2) is 76.9 Å². The number of aryl methyl sites for hydroxylation is 1. The van der Waals surface area contributed by atoms with E-state index in [1.54, 1.807) is 0 Å². The smallest absolute Gasteiger partial charge is 0.352 e. The van der Waals surface area contributed by atoms with E-state index in [0.717, 1.165) is 9.35 Å². The third-order valence-electron chi connectivity index (χ3n) is 4.39. The van der Waals surface area contributed by atoms with Gasteiger partial charge < -0.3 is 16.2 Å². The van der Waals surface area contributed by atoms with Crippen LogP contribution < -0.4 is 11.1 Å². The standard InChI is InChI=1S/C16H17N7O4S5/c1-6-19-21-15(31-6)29-4-7-3-28-13-10(12(25)23(13)11(7)14(26)27)18-8(24)5-30-16-22-20-9(2-17)32-16/h10,13H,2-5,17H2,1H3,(H,18,24)(H,26,27)/t10?,13-/m1/s1. The van der Waals surface area contributed by atoms with Crippen LogP contribution in [0.2, 0.25) is 0 Å². The zero-order valence-electron chi connectivity index (χ0n) is 16.5. The minimum absolute atomic E-state index is 0.00413. The largest absolute Gasteiger partial charge is 0.477 e. The van der Waals surface area contributed by atoms with Crippen molar-refractivity contribution in [2.75, 3.05) is 17.3 Å². The van der Waals surface area contributed by atoms with E-state index in [4.69, 9.17) is 5.73 Å². The molecular weight excluding hydrogens is 515 g/mol. The summed E-state index contributed by atoms with van der Waals surface area (Å²) >= 11 is 6.80. The zero-order valence-corrected chi connectivity index (χ0v) is 20.6. The molecule has 2 aromatic rings. The quantitative estimate of drug-likeness (QED) is 0.308. The summed E-state index contributed by atoms with van der Waals surface area (Å²) in [4.78, 5) is 38.2. The van der Waals surface area contributed by atoms with Gasteiger partial charge in [-0.2, -0.15) is 0 Å². The third kappa shape index (κ3) is 4.94. The molecule has 0 saturated carbocycles. The van der Waals surface area contributed by atoms with Gasteiger partial charge in [0, 0.05) is 18.1 Å². The predicted octanol–water partition coefficient (Wildman–Crippen LogP) is 0.780. The van der Waals surface area contributed by atoms with E-state index >= 15 is 0 Å². The highest BCUT2D eigenvalue weighted by Crippen LogP contribution is 2.41. The molecule has 0 radical (unpaired) electrons. The lowest BCUT2D eigenvalue weighted by atomic mass is 10.0. The van der Waals surface area contributed by atoms with Gasteiger partial charge >= 0.3 is 5.97 Å². The zero-order chi connectivity index (χ0) is 22.8. The van der Waals surface area contributed by atoms with Crippen LogP contribution in [0.25, 0.3) is 0 Å². The predicted molar refractivity (Wildman–Crippen MR) is 124 cm³/mol. The SMILES string of the molecule is Cc1nnc(SCC2=C(C(=O)O)N3C(=O)C(NC(=O)CSc4nnc(CN)s4)[C@H]3SC2)s1. The van der Waals surface area contributed by atoms with Crippen LogP contribution >= 0.6 is 58.0 Å². The van der Waals surface area contributed by atoms with Crippen LogP contribution in [0.1, 0.15) is 10.0 Å². The summed E-state index contributed by atoms with van der Waals surface area (Å²) in [5, 5.41) is 29.4. The molecule has 0 spiro atoms. The summed E-state index contributed by atoms with van der Waals surface area (Å²) in [7, 11) is 0. The highest BCUT2D eigenvalue weighted by Gasteiger charge is 2.54. The molecule has 0 aliphatic carbocycles. The van der Waals surface area contributed by atoms with E-state index in [9.17, 15) is 19.5 Å². The lowest BCUT2D eigenvalue weighted by Gasteiger charge is -2.49. The molecule has 2 aliphatic rings. The lowest BCUT2D eigenvalue weighted by Crippen LogP contribution is -2.70. The number of hydrogen-bond acceptors (Lipinski definition) is 13. The first-order valence-corrected chi connectivity index (χ1v) is 13.8. The van der Waals surface area contributed by atoms with Crippen molar-refractivity contribution in [2.24, 2.45) is 5.73 Å². The molecule has 11 nitrogen and oxygen atoms in total. The minimum atomic E-state index is -1.15. The van der Waals surface area contributed by atoms with Crippen molar-refractivity contribution in [3.63, 3.8) is 0 Å². The van der Waals surface area contributed by atoms with E-state index in [1.807, 2.05) is 6.92 Å².